The molecule has 0 saturated carbocycles. The van der Waals surface area contributed by atoms with E-state index in [0.717, 1.165) is 24.6 Å². The molecular formula is C14H20N2OS. The van der Waals surface area contributed by atoms with E-state index in [0.29, 0.717) is 5.56 Å². The standard InChI is InChI=1S/C14H20N2OS/c1-10-6-12(14(15)17)2-3-13(10)8-16-7-11-4-5-18-9-11/h2-3,6,11,16H,4-5,7-9H2,1H3,(H2,15,17). The molecule has 1 fully saturated rings. The minimum Gasteiger partial charge on any atom is -0.366 e. The van der Waals surface area contributed by atoms with Crippen LogP contribution in [0.4, 0.5) is 0 Å². The Morgan fingerprint density at radius 3 is 3.00 bits per heavy atom. The van der Waals surface area contributed by atoms with Crippen LogP contribution in [0.2, 0.25) is 0 Å². The van der Waals surface area contributed by atoms with E-state index >= 15 is 0 Å². The van der Waals surface area contributed by atoms with Crippen LogP contribution in [0, 0.1) is 12.8 Å². The van der Waals surface area contributed by atoms with Gasteiger partial charge in [0, 0.05) is 12.1 Å². The summed E-state index contributed by atoms with van der Waals surface area (Å²) < 4.78 is 0. The number of carbonyl (C=O) groups is 1. The van der Waals surface area contributed by atoms with E-state index in [1.165, 1.54) is 23.5 Å². The van der Waals surface area contributed by atoms with Gasteiger partial charge in [-0.3, -0.25) is 4.79 Å². The van der Waals surface area contributed by atoms with E-state index in [1.807, 2.05) is 30.8 Å². The van der Waals surface area contributed by atoms with Gasteiger partial charge in [-0.1, -0.05) is 6.07 Å². The summed E-state index contributed by atoms with van der Waals surface area (Å²) >= 11 is 2.05. The number of carbonyl (C=O) groups excluding carboxylic acids is 1. The molecule has 0 aliphatic carbocycles. The monoisotopic (exact) mass is 264 g/mol. The van der Waals surface area contributed by atoms with Gasteiger partial charge in [0.1, 0.15) is 0 Å². The molecule has 0 aromatic heterocycles. The summed E-state index contributed by atoms with van der Waals surface area (Å²) in [5.74, 6) is 3.05. The van der Waals surface area contributed by atoms with Crippen molar-refractivity contribution >= 4 is 17.7 Å². The maximum absolute atomic E-state index is 11.1. The molecule has 3 nitrogen and oxygen atoms in total. The fourth-order valence-electron chi connectivity index (χ4n) is 2.20. The summed E-state index contributed by atoms with van der Waals surface area (Å²) in [5.41, 5.74) is 8.21. The zero-order valence-electron chi connectivity index (χ0n) is 10.7. The average molecular weight is 264 g/mol. The van der Waals surface area contributed by atoms with Gasteiger partial charge >= 0.3 is 0 Å². The maximum Gasteiger partial charge on any atom is 0.248 e. The molecule has 1 atom stereocenters. The smallest absolute Gasteiger partial charge is 0.248 e. The first-order valence-corrected chi connectivity index (χ1v) is 7.50. The highest BCUT2D eigenvalue weighted by Crippen LogP contribution is 2.22. The molecule has 4 heteroatoms. The second kappa shape index (κ2) is 6.25. The van der Waals surface area contributed by atoms with Gasteiger partial charge in [-0.05, 0) is 60.6 Å². The quantitative estimate of drug-likeness (QED) is 0.854. The van der Waals surface area contributed by atoms with Crippen molar-refractivity contribution in [1.29, 1.82) is 0 Å². The number of nitrogens with one attached hydrogen (secondary N) is 1. The highest BCUT2D eigenvalue weighted by atomic mass is 32.2. The molecule has 1 heterocycles. The highest BCUT2D eigenvalue weighted by molar-refractivity contribution is 7.99. The van der Waals surface area contributed by atoms with Crippen LogP contribution >= 0.6 is 11.8 Å². The number of hydrogen-bond donors (Lipinski definition) is 2. The minimum absolute atomic E-state index is 0.361. The van der Waals surface area contributed by atoms with E-state index in [1.54, 1.807) is 6.07 Å². The minimum atomic E-state index is -0.361. The highest BCUT2D eigenvalue weighted by Gasteiger charge is 2.14. The van der Waals surface area contributed by atoms with Crippen LogP contribution in [0.25, 0.3) is 0 Å². The fraction of sp³-hybridized carbons (Fsp3) is 0.500. The van der Waals surface area contributed by atoms with Gasteiger partial charge in [0.05, 0.1) is 0 Å². The third kappa shape index (κ3) is 3.50. The van der Waals surface area contributed by atoms with Crippen LogP contribution in [0.3, 0.4) is 0 Å². The molecule has 18 heavy (non-hydrogen) atoms. The predicted octanol–water partition coefficient (Wildman–Crippen LogP) is 1.94. The molecule has 0 spiro atoms. The lowest BCUT2D eigenvalue weighted by molar-refractivity contribution is 0.1000. The predicted molar refractivity (Wildman–Crippen MR) is 76.8 cm³/mol. The Bertz CT molecular complexity index is 428. The van der Waals surface area contributed by atoms with Gasteiger partial charge in [-0.15, -0.1) is 0 Å². The molecule has 1 saturated heterocycles. The summed E-state index contributed by atoms with van der Waals surface area (Å²) in [6, 6.07) is 5.66. The van der Waals surface area contributed by atoms with E-state index in [9.17, 15) is 4.79 Å². The molecule has 98 valence electrons. The fourth-order valence-corrected chi connectivity index (χ4v) is 3.49. The molecule has 1 unspecified atom stereocenters. The largest absolute Gasteiger partial charge is 0.366 e. The Morgan fingerprint density at radius 2 is 2.39 bits per heavy atom. The van der Waals surface area contributed by atoms with Crippen molar-refractivity contribution in [3.8, 4) is 0 Å². The number of benzene rings is 1. The topological polar surface area (TPSA) is 55.1 Å². The van der Waals surface area contributed by atoms with Gasteiger partial charge in [0.25, 0.3) is 0 Å². The van der Waals surface area contributed by atoms with Crippen molar-refractivity contribution < 1.29 is 4.79 Å². The van der Waals surface area contributed by atoms with Gasteiger partial charge in [0.15, 0.2) is 0 Å². The number of primary amides is 1. The van der Waals surface area contributed by atoms with Crippen molar-refractivity contribution in [2.75, 3.05) is 18.1 Å². The Labute approximate surface area is 113 Å². The number of nitrogens with two attached hydrogens (primary N) is 1. The van der Waals surface area contributed by atoms with Crippen molar-refractivity contribution in [2.24, 2.45) is 11.7 Å². The van der Waals surface area contributed by atoms with Gasteiger partial charge in [-0.2, -0.15) is 11.8 Å². The summed E-state index contributed by atoms with van der Waals surface area (Å²) in [6.07, 6.45) is 1.33. The molecule has 1 aliphatic heterocycles. The summed E-state index contributed by atoms with van der Waals surface area (Å²) in [7, 11) is 0. The normalized spacial score (nSPS) is 19.1. The summed E-state index contributed by atoms with van der Waals surface area (Å²) in [5, 5.41) is 3.50. The van der Waals surface area contributed by atoms with E-state index in [2.05, 4.69) is 5.32 Å². The van der Waals surface area contributed by atoms with Crippen LogP contribution in [0.5, 0.6) is 0 Å². The molecule has 1 amide bonds. The van der Waals surface area contributed by atoms with Crippen LogP contribution in [0.15, 0.2) is 18.2 Å². The lowest BCUT2D eigenvalue weighted by Gasteiger charge is -2.12. The maximum atomic E-state index is 11.1. The zero-order valence-corrected chi connectivity index (χ0v) is 11.6. The second-order valence-corrected chi connectivity index (χ2v) is 6.02. The Morgan fingerprint density at radius 1 is 1.56 bits per heavy atom. The molecule has 1 aromatic carbocycles. The first-order valence-electron chi connectivity index (χ1n) is 6.34. The average Bonchev–Trinajstić information content (AvgIpc) is 2.84. The zero-order chi connectivity index (χ0) is 13.0. The lowest BCUT2D eigenvalue weighted by atomic mass is 10.0. The van der Waals surface area contributed by atoms with Crippen molar-refractivity contribution in [3.05, 3.63) is 34.9 Å². The van der Waals surface area contributed by atoms with E-state index in [-0.39, 0.29) is 5.91 Å². The lowest BCUT2D eigenvalue weighted by Crippen LogP contribution is -2.22. The molecule has 3 N–H and O–H groups in total. The summed E-state index contributed by atoms with van der Waals surface area (Å²) in [6.45, 7) is 3.98. The van der Waals surface area contributed by atoms with Gasteiger partial charge in [-0.25, -0.2) is 0 Å². The number of amides is 1. The van der Waals surface area contributed by atoms with Crippen LogP contribution in [0.1, 0.15) is 27.9 Å². The molecule has 1 aromatic rings. The van der Waals surface area contributed by atoms with Gasteiger partial charge < -0.3 is 11.1 Å². The van der Waals surface area contributed by atoms with Crippen molar-refractivity contribution in [3.63, 3.8) is 0 Å². The van der Waals surface area contributed by atoms with E-state index in [4.69, 9.17) is 5.73 Å². The molecule has 2 rings (SSSR count). The molecular weight excluding hydrogens is 244 g/mol. The summed E-state index contributed by atoms with van der Waals surface area (Å²) in [4.78, 5) is 11.1. The van der Waals surface area contributed by atoms with Crippen molar-refractivity contribution in [1.82, 2.24) is 5.32 Å². The number of aryl methyl sites for hydroxylation is 1. The third-order valence-corrected chi connectivity index (χ3v) is 4.63. The molecule has 0 radical (unpaired) electrons. The Kier molecular flexibility index (Phi) is 4.66. The SMILES string of the molecule is Cc1cc(C(N)=O)ccc1CNCC1CCSC1. The number of thioether (sulfide) groups is 1. The van der Waals surface area contributed by atoms with Crippen LogP contribution in [-0.4, -0.2) is 24.0 Å². The first-order chi connectivity index (χ1) is 8.66. The van der Waals surface area contributed by atoms with E-state index < -0.39 is 0 Å². The number of hydrogen-bond acceptors (Lipinski definition) is 3. The second-order valence-electron chi connectivity index (χ2n) is 4.87. The van der Waals surface area contributed by atoms with Crippen LogP contribution < -0.4 is 11.1 Å². The first kappa shape index (κ1) is 13.4. The number of rotatable bonds is 5. The Balaban J connectivity index is 1.87. The van der Waals surface area contributed by atoms with Gasteiger partial charge in [0.2, 0.25) is 5.91 Å². The van der Waals surface area contributed by atoms with Crippen molar-refractivity contribution in [2.45, 2.75) is 19.9 Å². The molecule has 1 aliphatic rings. The Hall–Kier alpha value is -1.000. The molecule has 0 bridgehead atoms. The third-order valence-electron chi connectivity index (χ3n) is 3.40. The van der Waals surface area contributed by atoms with Crippen LogP contribution in [-0.2, 0) is 6.54 Å².